The third kappa shape index (κ3) is 5.61. The number of hydrogen-bond donors (Lipinski definition) is 2. The quantitative estimate of drug-likeness (QED) is 0.585. The first-order valence-corrected chi connectivity index (χ1v) is 9.48. The maximum Gasteiger partial charge on any atom is 0.243 e. The van der Waals surface area contributed by atoms with Crippen LogP contribution in [-0.2, 0) is 11.2 Å². The summed E-state index contributed by atoms with van der Waals surface area (Å²) >= 11 is 0. The Balaban J connectivity index is 1.49. The first-order chi connectivity index (χ1) is 13.6. The fourth-order valence-electron chi connectivity index (χ4n) is 2.92. The molecule has 1 amide bonds. The van der Waals surface area contributed by atoms with Crippen LogP contribution in [0.3, 0.4) is 0 Å². The van der Waals surface area contributed by atoms with E-state index in [0.717, 1.165) is 29.1 Å². The van der Waals surface area contributed by atoms with Gasteiger partial charge in [-0.1, -0.05) is 48.5 Å². The van der Waals surface area contributed by atoms with E-state index in [4.69, 9.17) is 4.74 Å². The van der Waals surface area contributed by atoms with Gasteiger partial charge in [0, 0.05) is 23.9 Å². The van der Waals surface area contributed by atoms with Crippen LogP contribution >= 0.6 is 0 Å². The van der Waals surface area contributed by atoms with Gasteiger partial charge in [-0.3, -0.25) is 4.79 Å². The van der Waals surface area contributed by atoms with Gasteiger partial charge in [-0.25, -0.2) is 0 Å². The van der Waals surface area contributed by atoms with Gasteiger partial charge in [0.25, 0.3) is 0 Å². The minimum atomic E-state index is -0.0951. The SMILES string of the molecule is Cc1cccc(NCC(=O)Nc2cccc(OCCc3ccccc3)c2)c1C. The van der Waals surface area contributed by atoms with Crippen LogP contribution in [0.1, 0.15) is 16.7 Å². The summed E-state index contributed by atoms with van der Waals surface area (Å²) < 4.78 is 5.82. The standard InChI is InChI=1S/C24H26N2O2/c1-18-8-6-13-23(19(18)2)25-17-24(27)26-21-11-7-12-22(16-21)28-15-14-20-9-4-3-5-10-20/h3-13,16,25H,14-15,17H2,1-2H3,(H,26,27). The number of amides is 1. The average Bonchev–Trinajstić information content (AvgIpc) is 2.70. The van der Waals surface area contributed by atoms with E-state index in [1.54, 1.807) is 0 Å². The molecule has 0 bridgehead atoms. The number of benzene rings is 3. The Kier molecular flexibility index (Phi) is 6.68. The summed E-state index contributed by atoms with van der Waals surface area (Å²) in [4.78, 5) is 12.3. The molecule has 0 aliphatic carbocycles. The molecule has 0 saturated heterocycles. The van der Waals surface area contributed by atoms with E-state index >= 15 is 0 Å². The highest BCUT2D eigenvalue weighted by Crippen LogP contribution is 2.19. The summed E-state index contributed by atoms with van der Waals surface area (Å²) in [7, 11) is 0. The largest absolute Gasteiger partial charge is 0.493 e. The van der Waals surface area contributed by atoms with Crippen molar-refractivity contribution in [2.24, 2.45) is 0 Å². The minimum Gasteiger partial charge on any atom is -0.493 e. The van der Waals surface area contributed by atoms with Gasteiger partial charge >= 0.3 is 0 Å². The molecule has 0 aromatic heterocycles. The smallest absolute Gasteiger partial charge is 0.243 e. The third-order valence-corrected chi connectivity index (χ3v) is 4.66. The molecule has 4 heteroatoms. The van der Waals surface area contributed by atoms with E-state index in [1.165, 1.54) is 11.1 Å². The minimum absolute atomic E-state index is 0.0951. The molecule has 0 atom stereocenters. The van der Waals surface area contributed by atoms with E-state index in [2.05, 4.69) is 35.8 Å². The van der Waals surface area contributed by atoms with Crippen LogP contribution in [0.4, 0.5) is 11.4 Å². The summed E-state index contributed by atoms with van der Waals surface area (Å²) in [5, 5.41) is 6.11. The molecule has 0 radical (unpaired) electrons. The number of nitrogens with one attached hydrogen (secondary N) is 2. The van der Waals surface area contributed by atoms with Crippen molar-refractivity contribution in [3.63, 3.8) is 0 Å². The normalized spacial score (nSPS) is 10.4. The summed E-state index contributed by atoms with van der Waals surface area (Å²) in [6.45, 7) is 4.91. The van der Waals surface area contributed by atoms with Crippen molar-refractivity contribution in [2.75, 3.05) is 23.8 Å². The molecule has 144 valence electrons. The zero-order valence-electron chi connectivity index (χ0n) is 16.4. The maximum absolute atomic E-state index is 12.3. The number of ether oxygens (including phenoxy) is 1. The first-order valence-electron chi connectivity index (χ1n) is 9.48. The summed E-state index contributed by atoms with van der Waals surface area (Å²) in [5.41, 5.74) is 5.30. The van der Waals surface area contributed by atoms with Gasteiger partial charge in [0.05, 0.1) is 13.2 Å². The molecule has 3 aromatic carbocycles. The van der Waals surface area contributed by atoms with Crippen LogP contribution in [0, 0.1) is 13.8 Å². The fourth-order valence-corrected chi connectivity index (χ4v) is 2.92. The highest BCUT2D eigenvalue weighted by molar-refractivity contribution is 5.94. The van der Waals surface area contributed by atoms with Crippen molar-refractivity contribution in [3.8, 4) is 5.75 Å². The Morgan fingerprint density at radius 3 is 2.54 bits per heavy atom. The van der Waals surface area contributed by atoms with Crippen molar-refractivity contribution in [1.82, 2.24) is 0 Å². The Hall–Kier alpha value is -3.27. The zero-order chi connectivity index (χ0) is 19.8. The molecule has 0 aliphatic heterocycles. The van der Waals surface area contributed by atoms with E-state index < -0.39 is 0 Å². The molecule has 0 fully saturated rings. The monoisotopic (exact) mass is 374 g/mol. The van der Waals surface area contributed by atoms with Gasteiger partial charge in [-0.05, 0) is 48.7 Å². The van der Waals surface area contributed by atoms with E-state index in [-0.39, 0.29) is 12.5 Å². The number of aryl methyl sites for hydroxylation is 1. The van der Waals surface area contributed by atoms with Crippen molar-refractivity contribution < 1.29 is 9.53 Å². The molecular formula is C24H26N2O2. The Labute approximate surface area is 166 Å². The van der Waals surface area contributed by atoms with Gasteiger partial charge in [0.1, 0.15) is 5.75 Å². The van der Waals surface area contributed by atoms with Crippen molar-refractivity contribution in [3.05, 3.63) is 89.5 Å². The first kappa shape index (κ1) is 19.5. The Morgan fingerprint density at radius 2 is 1.71 bits per heavy atom. The molecule has 3 rings (SSSR count). The average molecular weight is 374 g/mol. The third-order valence-electron chi connectivity index (χ3n) is 4.66. The summed E-state index contributed by atoms with van der Waals surface area (Å²) in [6.07, 6.45) is 0.844. The second-order valence-corrected chi connectivity index (χ2v) is 6.76. The van der Waals surface area contributed by atoms with Crippen LogP contribution in [0.15, 0.2) is 72.8 Å². The number of rotatable bonds is 8. The van der Waals surface area contributed by atoms with Crippen molar-refractivity contribution in [1.29, 1.82) is 0 Å². The van der Waals surface area contributed by atoms with Crippen LogP contribution in [-0.4, -0.2) is 19.1 Å². The Morgan fingerprint density at radius 1 is 0.929 bits per heavy atom. The van der Waals surface area contributed by atoms with E-state index in [1.807, 2.05) is 61.5 Å². The van der Waals surface area contributed by atoms with Crippen LogP contribution in [0.25, 0.3) is 0 Å². The molecular weight excluding hydrogens is 348 g/mol. The molecule has 0 unspecified atom stereocenters. The maximum atomic E-state index is 12.3. The lowest BCUT2D eigenvalue weighted by molar-refractivity contribution is -0.114. The van der Waals surface area contributed by atoms with Gasteiger partial charge in [0.15, 0.2) is 0 Å². The van der Waals surface area contributed by atoms with Gasteiger partial charge in [0.2, 0.25) is 5.91 Å². The molecule has 0 heterocycles. The second kappa shape index (κ2) is 9.60. The number of carbonyl (C=O) groups excluding carboxylic acids is 1. The predicted molar refractivity (Wildman–Crippen MR) is 115 cm³/mol. The number of hydrogen-bond acceptors (Lipinski definition) is 3. The predicted octanol–water partition coefficient (Wildman–Crippen LogP) is 4.98. The molecule has 0 aliphatic rings. The lowest BCUT2D eigenvalue weighted by atomic mass is 10.1. The highest BCUT2D eigenvalue weighted by atomic mass is 16.5. The van der Waals surface area contributed by atoms with Crippen molar-refractivity contribution in [2.45, 2.75) is 20.3 Å². The molecule has 0 spiro atoms. The van der Waals surface area contributed by atoms with Gasteiger partial charge < -0.3 is 15.4 Å². The lowest BCUT2D eigenvalue weighted by Crippen LogP contribution is -2.22. The summed E-state index contributed by atoms with van der Waals surface area (Å²) in [5.74, 6) is 0.651. The molecule has 4 nitrogen and oxygen atoms in total. The second-order valence-electron chi connectivity index (χ2n) is 6.76. The molecule has 0 saturated carbocycles. The summed E-state index contributed by atoms with van der Waals surface area (Å²) in [6, 6.07) is 23.7. The zero-order valence-corrected chi connectivity index (χ0v) is 16.4. The van der Waals surface area contributed by atoms with Crippen molar-refractivity contribution >= 4 is 17.3 Å². The van der Waals surface area contributed by atoms with E-state index in [0.29, 0.717) is 6.61 Å². The number of anilines is 2. The molecule has 3 aromatic rings. The van der Waals surface area contributed by atoms with Crippen LogP contribution in [0.5, 0.6) is 5.75 Å². The fraction of sp³-hybridized carbons (Fsp3) is 0.208. The Bertz CT molecular complexity index is 923. The molecule has 2 N–H and O–H groups in total. The number of carbonyl (C=O) groups is 1. The van der Waals surface area contributed by atoms with Gasteiger partial charge in [-0.2, -0.15) is 0 Å². The van der Waals surface area contributed by atoms with Crippen LogP contribution in [0.2, 0.25) is 0 Å². The van der Waals surface area contributed by atoms with Gasteiger partial charge in [-0.15, -0.1) is 0 Å². The molecule has 28 heavy (non-hydrogen) atoms. The van der Waals surface area contributed by atoms with E-state index in [9.17, 15) is 4.79 Å². The highest BCUT2D eigenvalue weighted by Gasteiger charge is 2.06. The van der Waals surface area contributed by atoms with Crippen LogP contribution < -0.4 is 15.4 Å². The lowest BCUT2D eigenvalue weighted by Gasteiger charge is -2.12. The topological polar surface area (TPSA) is 50.4 Å².